The molecule has 0 unspecified atom stereocenters. The smallest absolute Gasteiger partial charge is 0.205 e. The van der Waals surface area contributed by atoms with Gasteiger partial charge < -0.3 is 4.90 Å². The topological polar surface area (TPSA) is 29.0 Å². The molecule has 1 aliphatic carbocycles. The molecule has 0 radical (unpaired) electrons. The van der Waals surface area contributed by atoms with Crippen LogP contribution in [0.5, 0.6) is 0 Å². The number of hydrogen-bond donors (Lipinski definition) is 0. The van der Waals surface area contributed by atoms with Crippen LogP contribution in [0.15, 0.2) is 6.33 Å². The fourth-order valence-electron chi connectivity index (χ4n) is 1.21. The van der Waals surface area contributed by atoms with Gasteiger partial charge in [0, 0.05) is 30.0 Å². The van der Waals surface area contributed by atoms with Crippen molar-refractivity contribution in [1.29, 1.82) is 0 Å². The molecule has 0 N–H and O–H groups in total. The largest absolute Gasteiger partial charge is 0.343 e. The molecule has 12 heavy (non-hydrogen) atoms. The van der Waals surface area contributed by atoms with Gasteiger partial charge in [0.2, 0.25) is 5.13 Å². The van der Waals surface area contributed by atoms with Crippen LogP contribution in [0.25, 0.3) is 0 Å². The second kappa shape index (κ2) is 3.58. The highest BCUT2D eigenvalue weighted by Gasteiger charge is 2.30. The van der Waals surface area contributed by atoms with E-state index in [-0.39, 0.29) is 0 Å². The van der Waals surface area contributed by atoms with Gasteiger partial charge in [0.05, 0.1) is 0 Å². The van der Waals surface area contributed by atoms with Gasteiger partial charge in [-0.1, -0.05) is 0 Å². The van der Waals surface area contributed by atoms with Crippen molar-refractivity contribution in [3.8, 4) is 0 Å². The second-order valence-electron chi connectivity index (χ2n) is 2.84. The maximum Gasteiger partial charge on any atom is 0.205 e. The summed E-state index contributed by atoms with van der Waals surface area (Å²) in [5, 5.41) is 1.01. The van der Waals surface area contributed by atoms with Gasteiger partial charge in [-0.15, -0.1) is 11.6 Å². The summed E-state index contributed by atoms with van der Waals surface area (Å²) >= 11 is 7.15. The predicted molar refractivity (Wildman–Crippen MR) is 51.0 cm³/mol. The average molecular weight is 204 g/mol. The molecule has 66 valence electrons. The summed E-state index contributed by atoms with van der Waals surface area (Å²) in [5.74, 6) is 0.663. The monoisotopic (exact) mass is 203 g/mol. The number of anilines is 1. The Bertz CT molecular complexity index is 235. The number of hydrogen-bond acceptors (Lipinski definition) is 4. The highest BCUT2D eigenvalue weighted by Crippen LogP contribution is 2.31. The van der Waals surface area contributed by atoms with Crippen molar-refractivity contribution in [2.75, 3.05) is 17.3 Å². The third-order valence-corrected chi connectivity index (χ3v) is 2.78. The van der Waals surface area contributed by atoms with E-state index in [1.165, 1.54) is 24.4 Å². The van der Waals surface area contributed by atoms with E-state index in [9.17, 15) is 0 Å². The summed E-state index contributed by atoms with van der Waals surface area (Å²) in [6.45, 7) is 0.890. The van der Waals surface area contributed by atoms with E-state index in [1.807, 2.05) is 0 Å². The van der Waals surface area contributed by atoms with E-state index < -0.39 is 0 Å². The van der Waals surface area contributed by atoms with Gasteiger partial charge in [-0.05, 0) is 12.8 Å². The van der Waals surface area contributed by atoms with Gasteiger partial charge in [0.25, 0.3) is 0 Å². The van der Waals surface area contributed by atoms with Crippen molar-refractivity contribution in [2.24, 2.45) is 0 Å². The van der Waals surface area contributed by atoms with Crippen LogP contribution >= 0.6 is 23.1 Å². The zero-order valence-corrected chi connectivity index (χ0v) is 8.18. The highest BCUT2D eigenvalue weighted by molar-refractivity contribution is 7.09. The molecule has 1 aliphatic rings. The maximum absolute atomic E-state index is 5.70. The molecule has 0 atom stereocenters. The number of alkyl halides is 1. The SMILES string of the molecule is ClCCN(c1ncns1)C1CC1. The lowest BCUT2D eigenvalue weighted by Crippen LogP contribution is -2.27. The van der Waals surface area contributed by atoms with Crippen LogP contribution < -0.4 is 4.90 Å². The minimum absolute atomic E-state index is 0.663. The molecule has 2 rings (SSSR count). The number of halogens is 1. The molecule has 0 amide bonds. The molecule has 0 aromatic carbocycles. The third kappa shape index (κ3) is 1.69. The molecular weight excluding hydrogens is 194 g/mol. The lowest BCUT2D eigenvalue weighted by Gasteiger charge is -2.18. The highest BCUT2D eigenvalue weighted by atomic mass is 35.5. The molecule has 0 saturated heterocycles. The van der Waals surface area contributed by atoms with E-state index in [0.29, 0.717) is 11.9 Å². The normalized spacial score (nSPS) is 16.4. The maximum atomic E-state index is 5.70. The van der Waals surface area contributed by atoms with E-state index in [1.54, 1.807) is 6.33 Å². The fraction of sp³-hybridized carbons (Fsp3) is 0.714. The summed E-state index contributed by atoms with van der Waals surface area (Å²) in [6.07, 6.45) is 4.15. The second-order valence-corrected chi connectivity index (χ2v) is 3.97. The van der Waals surface area contributed by atoms with Gasteiger partial charge in [-0.25, -0.2) is 4.98 Å². The number of aromatic nitrogens is 2. The average Bonchev–Trinajstić information content (AvgIpc) is 2.77. The van der Waals surface area contributed by atoms with Crippen molar-refractivity contribution in [3.05, 3.63) is 6.33 Å². The molecule has 1 heterocycles. The van der Waals surface area contributed by atoms with Crippen molar-refractivity contribution >= 4 is 28.3 Å². The molecule has 1 saturated carbocycles. The van der Waals surface area contributed by atoms with Crippen molar-refractivity contribution < 1.29 is 0 Å². The summed E-state index contributed by atoms with van der Waals surface area (Å²) in [6, 6.07) is 0.677. The van der Waals surface area contributed by atoms with Crippen LogP contribution in [0.1, 0.15) is 12.8 Å². The lowest BCUT2D eigenvalue weighted by atomic mass is 10.5. The Morgan fingerprint density at radius 3 is 3.00 bits per heavy atom. The first-order valence-corrected chi connectivity index (χ1v) is 5.32. The first-order chi connectivity index (χ1) is 5.92. The van der Waals surface area contributed by atoms with Crippen LogP contribution in [-0.2, 0) is 0 Å². The Morgan fingerprint density at radius 2 is 2.50 bits per heavy atom. The van der Waals surface area contributed by atoms with Crippen LogP contribution in [0, 0.1) is 0 Å². The summed E-state index contributed by atoms with van der Waals surface area (Å²) in [4.78, 5) is 6.43. The molecule has 5 heteroatoms. The standard InChI is InChI=1S/C7H10ClN3S/c8-3-4-11(6-1-2-6)7-9-5-10-12-7/h5-6H,1-4H2. The molecule has 0 bridgehead atoms. The van der Waals surface area contributed by atoms with Crippen molar-refractivity contribution in [1.82, 2.24) is 9.36 Å². The molecule has 1 fully saturated rings. The Kier molecular flexibility index (Phi) is 2.46. The third-order valence-electron chi connectivity index (χ3n) is 1.91. The predicted octanol–water partition coefficient (Wildman–Crippen LogP) is 1.75. The van der Waals surface area contributed by atoms with E-state index in [2.05, 4.69) is 14.3 Å². The van der Waals surface area contributed by atoms with Gasteiger partial charge in [0.15, 0.2) is 0 Å². The van der Waals surface area contributed by atoms with Crippen LogP contribution in [0.2, 0.25) is 0 Å². The Labute approximate surface area is 80.5 Å². The minimum Gasteiger partial charge on any atom is -0.343 e. The molecule has 1 aromatic heterocycles. The summed E-state index contributed by atoms with van der Waals surface area (Å²) in [7, 11) is 0. The van der Waals surface area contributed by atoms with Gasteiger partial charge >= 0.3 is 0 Å². The van der Waals surface area contributed by atoms with Crippen LogP contribution in [0.3, 0.4) is 0 Å². The van der Waals surface area contributed by atoms with E-state index in [4.69, 9.17) is 11.6 Å². The molecule has 0 spiro atoms. The number of nitrogens with zero attached hydrogens (tertiary/aromatic N) is 3. The molecule has 1 aromatic rings. The molecular formula is C7H10ClN3S. The first kappa shape index (κ1) is 8.26. The molecule has 3 nitrogen and oxygen atoms in total. The number of rotatable bonds is 4. The van der Waals surface area contributed by atoms with Gasteiger partial charge in [0.1, 0.15) is 6.33 Å². The Morgan fingerprint density at radius 1 is 1.67 bits per heavy atom. The van der Waals surface area contributed by atoms with E-state index in [0.717, 1.165) is 11.7 Å². The minimum atomic E-state index is 0.663. The zero-order valence-electron chi connectivity index (χ0n) is 6.61. The Hall–Kier alpha value is -0.350. The van der Waals surface area contributed by atoms with Crippen LogP contribution in [0.4, 0.5) is 5.13 Å². The first-order valence-electron chi connectivity index (χ1n) is 4.01. The van der Waals surface area contributed by atoms with Crippen LogP contribution in [-0.4, -0.2) is 27.8 Å². The summed E-state index contributed by atoms with van der Waals surface area (Å²) < 4.78 is 3.98. The Balaban J connectivity index is 2.05. The molecule has 0 aliphatic heterocycles. The summed E-state index contributed by atoms with van der Waals surface area (Å²) in [5.41, 5.74) is 0. The quantitative estimate of drug-likeness (QED) is 0.699. The van der Waals surface area contributed by atoms with Crippen molar-refractivity contribution in [3.63, 3.8) is 0 Å². The zero-order chi connectivity index (χ0) is 8.39. The van der Waals surface area contributed by atoms with Crippen molar-refractivity contribution in [2.45, 2.75) is 18.9 Å². The van der Waals surface area contributed by atoms with Gasteiger partial charge in [-0.3, -0.25) is 0 Å². The lowest BCUT2D eigenvalue weighted by molar-refractivity contribution is 0.824. The van der Waals surface area contributed by atoms with Gasteiger partial charge in [-0.2, -0.15) is 4.37 Å². The van der Waals surface area contributed by atoms with E-state index >= 15 is 0 Å². The fourth-order valence-corrected chi connectivity index (χ4v) is 2.02.